The quantitative estimate of drug-likeness (QED) is 0.250. The van der Waals surface area contributed by atoms with Gasteiger partial charge in [0.2, 0.25) is 0 Å². The van der Waals surface area contributed by atoms with Gasteiger partial charge in [-0.15, -0.1) is 0 Å². The predicted molar refractivity (Wildman–Crippen MR) is 122 cm³/mol. The SMILES string of the molecule is O=P([O-])([S-])Oc1ccc(OP(O)(O)=S)cc1Sc1cc(OP([O-])([O-])=S)ccc1OP([O-])([O-])=S. The topological polar surface area (TPSA) is 210 Å². The van der Waals surface area contributed by atoms with Crippen LogP contribution >= 0.6 is 38.7 Å². The normalized spacial score (nSPS) is 14.3. The summed E-state index contributed by atoms with van der Waals surface area (Å²) >= 11 is 17.6. The molecular formula is C12H8O12P4S5-6. The van der Waals surface area contributed by atoms with Crippen LogP contribution in [-0.2, 0) is 52.2 Å². The van der Waals surface area contributed by atoms with Crippen LogP contribution in [0.15, 0.2) is 46.2 Å². The first-order valence-electron chi connectivity index (χ1n) is 7.66. The largest absolute Gasteiger partial charge is 0.803 e. The van der Waals surface area contributed by atoms with E-state index >= 15 is 0 Å². The van der Waals surface area contributed by atoms with Crippen LogP contribution in [0.1, 0.15) is 0 Å². The molecule has 0 fully saturated rings. The van der Waals surface area contributed by atoms with Gasteiger partial charge in [-0.2, -0.15) is 0 Å². The molecule has 2 aromatic rings. The van der Waals surface area contributed by atoms with Gasteiger partial charge in [-0.05, 0) is 49.8 Å². The van der Waals surface area contributed by atoms with Crippen LogP contribution in [0.5, 0.6) is 23.0 Å². The molecule has 0 radical (unpaired) electrons. The van der Waals surface area contributed by atoms with E-state index in [1.54, 1.807) is 0 Å². The molecule has 0 saturated carbocycles. The van der Waals surface area contributed by atoms with Crippen LogP contribution < -0.4 is 42.6 Å². The Morgan fingerprint density at radius 3 is 1.58 bits per heavy atom. The molecular weight excluding hydrogens is 620 g/mol. The fourth-order valence-electron chi connectivity index (χ4n) is 2.03. The maximum Gasteiger partial charge on any atom is 0.375 e. The first kappa shape index (κ1) is 29.5. The van der Waals surface area contributed by atoms with E-state index in [9.17, 15) is 38.8 Å². The lowest BCUT2D eigenvalue weighted by Crippen LogP contribution is -2.19. The number of hydrogen-bond acceptors (Lipinski definition) is 15. The Bertz CT molecular complexity index is 1120. The molecule has 0 aliphatic carbocycles. The molecule has 1 unspecified atom stereocenters. The molecule has 33 heavy (non-hydrogen) atoms. The van der Waals surface area contributed by atoms with Crippen molar-refractivity contribution in [1.82, 2.24) is 0 Å². The van der Waals surface area contributed by atoms with E-state index in [0.717, 1.165) is 36.4 Å². The van der Waals surface area contributed by atoms with Crippen molar-refractivity contribution in [3.63, 3.8) is 0 Å². The summed E-state index contributed by atoms with van der Waals surface area (Å²) in [6.07, 6.45) is 0. The van der Waals surface area contributed by atoms with Gasteiger partial charge in [-0.3, -0.25) is 0 Å². The molecule has 2 aromatic carbocycles. The van der Waals surface area contributed by atoms with Gasteiger partial charge in [-0.25, -0.2) is 0 Å². The fraction of sp³-hybridized carbons (Fsp3) is 0. The van der Waals surface area contributed by atoms with Crippen molar-refractivity contribution in [3.05, 3.63) is 36.4 Å². The summed E-state index contributed by atoms with van der Waals surface area (Å²) in [5.41, 5.74) is 0. The van der Waals surface area contributed by atoms with E-state index in [2.05, 4.69) is 52.2 Å². The van der Waals surface area contributed by atoms with Crippen molar-refractivity contribution in [2.45, 2.75) is 9.79 Å². The number of benzene rings is 2. The van der Waals surface area contributed by atoms with E-state index < -0.39 is 27.0 Å². The number of hydrogen-bond donors (Lipinski definition) is 2. The molecule has 0 amide bonds. The van der Waals surface area contributed by atoms with Gasteiger partial charge >= 0.3 is 6.72 Å². The average Bonchev–Trinajstić information content (AvgIpc) is 2.54. The molecule has 2 N–H and O–H groups in total. The van der Waals surface area contributed by atoms with Crippen molar-refractivity contribution in [2.75, 3.05) is 0 Å². The summed E-state index contributed by atoms with van der Waals surface area (Å²) in [5.74, 6) is -1.33. The first-order valence-corrected chi connectivity index (χ1v) is 18.8. The third-order valence-corrected chi connectivity index (χ3v) is 6.61. The van der Waals surface area contributed by atoms with Gasteiger partial charge in [0.05, 0.1) is 16.6 Å². The Morgan fingerprint density at radius 2 is 1.18 bits per heavy atom. The third kappa shape index (κ3) is 11.7. The summed E-state index contributed by atoms with van der Waals surface area (Å²) in [4.78, 5) is 75.3. The minimum atomic E-state index is -4.76. The zero-order valence-electron chi connectivity index (χ0n) is 15.3. The highest BCUT2D eigenvalue weighted by Gasteiger charge is 2.17. The average molecular weight is 628 g/mol. The predicted octanol–water partition coefficient (Wildman–Crippen LogP) is -0.532. The van der Waals surface area contributed by atoms with Crippen molar-refractivity contribution >= 4 is 86.4 Å². The third-order valence-electron chi connectivity index (χ3n) is 2.91. The molecule has 0 aliphatic rings. The van der Waals surface area contributed by atoms with Crippen LogP contribution in [-0.4, -0.2) is 9.79 Å². The van der Waals surface area contributed by atoms with E-state index in [1.807, 2.05) is 0 Å². The molecule has 1 atom stereocenters. The molecule has 0 heterocycles. The lowest BCUT2D eigenvalue weighted by atomic mass is 10.3. The van der Waals surface area contributed by atoms with Crippen LogP contribution in [0.3, 0.4) is 0 Å². The molecule has 184 valence electrons. The van der Waals surface area contributed by atoms with Crippen LogP contribution in [0.25, 0.3) is 0 Å². The Hall–Kier alpha value is 0.240. The summed E-state index contributed by atoms with van der Waals surface area (Å²) in [5, 5.41) is 0. The second-order valence-corrected chi connectivity index (χ2v) is 16.4. The zero-order valence-corrected chi connectivity index (χ0v) is 22.9. The van der Waals surface area contributed by atoms with Gasteiger partial charge < -0.3 is 69.2 Å². The summed E-state index contributed by atoms with van der Waals surface area (Å²) in [6, 6.07) is 6.24. The van der Waals surface area contributed by atoms with Crippen molar-refractivity contribution in [1.29, 1.82) is 0 Å². The van der Waals surface area contributed by atoms with E-state index in [1.165, 1.54) is 0 Å². The van der Waals surface area contributed by atoms with Crippen LogP contribution in [0.4, 0.5) is 0 Å². The smallest absolute Gasteiger partial charge is 0.375 e. The van der Waals surface area contributed by atoms with Gasteiger partial charge in [0.1, 0.15) is 23.0 Å². The summed E-state index contributed by atoms with van der Waals surface area (Å²) < 4.78 is 30.3. The Balaban J connectivity index is 2.60. The van der Waals surface area contributed by atoms with Gasteiger partial charge in [0.25, 0.3) is 0 Å². The van der Waals surface area contributed by atoms with Gasteiger partial charge in [0.15, 0.2) is 0 Å². The monoisotopic (exact) mass is 628 g/mol. The van der Waals surface area contributed by atoms with Gasteiger partial charge in [-0.1, -0.05) is 35.4 Å². The fourth-order valence-corrected chi connectivity index (χ4v) is 5.72. The first-order chi connectivity index (χ1) is 14.8. The van der Waals surface area contributed by atoms with E-state index in [4.69, 9.17) is 13.6 Å². The van der Waals surface area contributed by atoms with Crippen LogP contribution in [0.2, 0.25) is 0 Å². The molecule has 0 bridgehead atoms. The molecule has 0 aliphatic heterocycles. The van der Waals surface area contributed by atoms with Crippen molar-refractivity contribution in [3.8, 4) is 23.0 Å². The highest BCUT2D eigenvalue weighted by atomic mass is 32.7. The second-order valence-electron chi connectivity index (χ2n) is 5.52. The highest BCUT2D eigenvalue weighted by Crippen LogP contribution is 2.49. The van der Waals surface area contributed by atoms with E-state index in [-0.39, 0.29) is 32.8 Å². The molecule has 21 heteroatoms. The Kier molecular flexibility index (Phi) is 9.91. The maximum atomic E-state index is 11.5. The molecule has 0 saturated heterocycles. The number of rotatable bonds is 10. The molecule has 0 aromatic heterocycles. The van der Waals surface area contributed by atoms with Crippen molar-refractivity contribution in [2.24, 2.45) is 0 Å². The minimum Gasteiger partial charge on any atom is -0.803 e. The van der Waals surface area contributed by atoms with Crippen molar-refractivity contribution < 1.29 is 56.9 Å². The highest BCUT2D eigenvalue weighted by molar-refractivity contribution is 8.31. The summed E-state index contributed by atoms with van der Waals surface area (Å²) in [6.45, 7) is -18.4. The standard InChI is InChI=1S/C12H14O12P4S5/c13-25(14,29)21-7-1-3-9(23-27(17,18)31)11(5-7)33-12-6-8(22-26(15,16)30)2-4-10(12)24-28(19,20)32/h1-6H,(H2,13,14,29)(H2,15,16,30)(H2,17,18,31)(H2,19,20,32)/p-6. The van der Waals surface area contributed by atoms with E-state index in [0.29, 0.717) is 11.8 Å². The lowest BCUT2D eigenvalue weighted by Gasteiger charge is -2.36. The lowest BCUT2D eigenvalue weighted by molar-refractivity contribution is -0.315. The zero-order chi connectivity index (χ0) is 25.2. The summed E-state index contributed by atoms with van der Waals surface area (Å²) in [7, 11) is 0. The van der Waals surface area contributed by atoms with Gasteiger partial charge in [0, 0.05) is 11.8 Å². The minimum absolute atomic E-state index is 0.132. The molecule has 2 rings (SSSR count). The Morgan fingerprint density at radius 1 is 0.758 bits per heavy atom. The van der Waals surface area contributed by atoms with Crippen LogP contribution in [0, 0.1) is 0 Å². The molecule has 0 spiro atoms. The molecule has 12 nitrogen and oxygen atoms in total. The second kappa shape index (κ2) is 11.1. The Labute approximate surface area is 211 Å². The maximum absolute atomic E-state index is 11.5.